The maximum absolute atomic E-state index is 12.8. The standard InChI is InChI=1S/C12H6F6N2O2.C2H6/c13-11(14,15)8-7(9(21)12(16,17)18)10(22)20(19-8)6-4-2-1-3-5-6;1-2/h1-5,19H;1-2H3. The highest BCUT2D eigenvalue weighted by Gasteiger charge is 2.48. The summed E-state index contributed by atoms with van der Waals surface area (Å²) in [5.41, 5.74) is -5.88. The molecule has 0 radical (unpaired) electrons. The molecule has 0 saturated carbocycles. The summed E-state index contributed by atoms with van der Waals surface area (Å²) >= 11 is 0. The number of nitrogens with one attached hydrogen (secondary N) is 1. The zero-order valence-electron chi connectivity index (χ0n) is 12.4. The topological polar surface area (TPSA) is 54.9 Å². The molecule has 24 heavy (non-hydrogen) atoms. The Balaban J connectivity index is 0.00000139. The molecular formula is C14H12F6N2O2. The first-order valence-corrected chi connectivity index (χ1v) is 6.62. The van der Waals surface area contributed by atoms with Crippen LogP contribution in [-0.2, 0) is 6.18 Å². The van der Waals surface area contributed by atoms with Gasteiger partial charge >= 0.3 is 12.4 Å². The van der Waals surface area contributed by atoms with E-state index in [2.05, 4.69) is 0 Å². The molecular weight excluding hydrogens is 342 g/mol. The second-order valence-electron chi connectivity index (χ2n) is 4.16. The van der Waals surface area contributed by atoms with E-state index in [0.717, 1.165) is 0 Å². The number of alkyl halides is 6. The molecule has 0 aliphatic rings. The Morgan fingerprint density at radius 3 is 1.92 bits per heavy atom. The van der Waals surface area contributed by atoms with Gasteiger partial charge in [0.1, 0.15) is 5.56 Å². The molecule has 4 nitrogen and oxygen atoms in total. The van der Waals surface area contributed by atoms with E-state index in [1.807, 2.05) is 13.8 Å². The molecule has 0 saturated heterocycles. The molecule has 0 amide bonds. The van der Waals surface area contributed by atoms with Crippen molar-refractivity contribution in [1.29, 1.82) is 0 Å². The number of hydrogen-bond donors (Lipinski definition) is 1. The Kier molecular flexibility index (Phi) is 5.64. The molecule has 0 spiro atoms. The van der Waals surface area contributed by atoms with Gasteiger partial charge in [0.25, 0.3) is 11.3 Å². The zero-order chi connectivity index (χ0) is 18.7. The van der Waals surface area contributed by atoms with E-state index in [1.165, 1.54) is 35.4 Å². The van der Waals surface area contributed by atoms with Crippen molar-refractivity contribution in [1.82, 2.24) is 9.78 Å². The van der Waals surface area contributed by atoms with Gasteiger partial charge in [-0.05, 0) is 12.1 Å². The van der Waals surface area contributed by atoms with Crippen LogP contribution in [0.3, 0.4) is 0 Å². The van der Waals surface area contributed by atoms with Crippen LogP contribution in [0.15, 0.2) is 35.1 Å². The average Bonchev–Trinajstić information content (AvgIpc) is 2.86. The maximum atomic E-state index is 12.8. The fourth-order valence-corrected chi connectivity index (χ4v) is 1.75. The highest BCUT2D eigenvalue weighted by Crippen LogP contribution is 2.32. The van der Waals surface area contributed by atoms with Gasteiger partial charge in [-0.15, -0.1) is 0 Å². The van der Waals surface area contributed by atoms with Crippen molar-refractivity contribution in [2.45, 2.75) is 26.2 Å². The van der Waals surface area contributed by atoms with Crippen molar-refractivity contribution in [3.63, 3.8) is 0 Å². The monoisotopic (exact) mass is 354 g/mol. The van der Waals surface area contributed by atoms with E-state index in [-0.39, 0.29) is 10.4 Å². The molecule has 132 valence electrons. The number of halogens is 6. The minimum absolute atomic E-state index is 0.140. The van der Waals surface area contributed by atoms with Gasteiger partial charge in [-0.1, -0.05) is 32.0 Å². The molecule has 0 atom stereocenters. The Bertz CT molecular complexity index is 756. The first-order chi connectivity index (χ1) is 11.0. The highest BCUT2D eigenvalue weighted by atomic mass is 19.4. The quantitative estimate of drug-likeness (QED) is 0.656. The Hall–Kier alpha value is -2.52. The number of Topliss-reactive ketones (excluding diaryl/α,β-unsaturated/α-hetero) is 1. The van der Waals surface area contributed by atoms with Crippen LogP contribution in [0.5, 0.6) is 0 Å². The highest BCUT2D eigenvalue weighted by molar-refractivity contribution is 6.01. The van der Waals surface area contributed by atoms with Crippen molar-refractivity contribution >= 4 is 5.78 Å². The summed E-state index contributed by atoms with van der Waals surface area (Å²) in [6.07, 6.45) is -10.9. The van der Waals surface area contributed by atoms with Crippen LogP contribution >= 0.6 is 0 Å². The number of carbonyl (C=O) groups excluding carboxylic acids is 1. The molecule has 0 bridgehead atoms. The Labute approximate surface area is 131 Å². The number of carbonyl (C=O) groups is 1. The lowest BCUT2D eigenvalue weighted by Gasteiger charge is -2.07. The third-order valence-corrected chi connectivity index (χ3v) is 2.67. The van der Waals surface area contributed by atoms with Gasteiger partial charge < -0.3 is 0 Å². The third-order valence-electron chi connectivity index (χ3n) is 2.67. The number of aromatic amines is 1. The molecule has 10 heteroatoms. The fraction of sp³-hybridized carbons (Fsp3) is 0.286. The van der Waals surface area contributed by atoms with Crippen LogP contribution in [0, 0.1) is 0 Å². The summed E-state index contributed by atoms with van der Waals surface area (Å²) in [4.78, 5) is 23.0. The third kappa shape index (κ3) is 3.87. The molecule has 0 aliphatic heterocycles. The lowest BCUT2D eigenvalue weighted by Crippen LogP contribution is -2.31. The lowest BCUT2D eigenvalue weighted by atomic mass is 10.1. The van der Waals surface area contributed by atoms with E-state index in [4.69, 9.17) is 0 Å². The largest absolute Gasteiger partial charge is 0.455 e. The van der Waals surface area contributed by atoms with Gasteiger partial charge in [-0.2, -0.15) is 26.3 Å². The number of benzene rings is 1. The van der Waals surface area contributed by atoms with Gasteiger partial charge in [0, 0.05) is 0 Å². The van der Waals surface area contributed by atoms with Crippen LogP contribution in [0.25, 0.3) is 5.69 Å². The molecule has 2 aromatic rings. The summed E-state index contributed by atoms with van der Waals surface area (Å²) < 4.78 is 75.9. The molecule has 1 aromatic carbocycles. The first-order valence-electron chi connectivity index (χ1n) is 6.62. The van der Waals surface area contributed by atoms with Crippen LogP contribution in [0.1, 0.15) is 29.9 Å². The second kappa shape index (κ2) is 6.93. The van der Waals surface area contributed by atoms with E-state index in [9.17, 15) is 35.9 Å². The van der Waals surface area contributed by atoms with Gasteiger partial charge in [0.2, 0.25) is 0 Å². The normalized spacial score (nSPS) is 11.7. The van der Waals surface area contributed by atoms with E-state index < -0.39 is 35.0 Å². The van der Waals surface area contributed by atoms with Crippen LogP contribution in [0.2, 0.25) is 0 Å². The van der Waals surface area contributed by atoms with Crippen molar-refractivity contribution in [3.8, 4) is 5.69 Å². The molecule has 1 aromatic heterocycles. The van der Waals surface area contributed by atoms with Crippen LogP contribution < -0.4 is 5.56 Å². The Morgan fingerprint density at radius 2 is 1.50 bits per heavy atom. The number of ketones is 1. The minimum Gasteiger partial charge on any atom is -0.286 e. The number of hydrogen-bond acceptors (Lipinski definition) is 2. The summed E-state index contributed by atoms with van der Waals surface area (Å²) in [6, 6.07) is 6.60. The number of nitrogens with zero attached hydrogens (tertiary/aromatic N) is 1. The first kappa shape index (κ1) is 19.5. The summed E-state index contributed by atoms with van der Waals surface area (Å²) in [7, 11) is 0. The smallest absolute Gasteiger partial charge is 0.286 e. The molecule has 0 fully saturated rings. The lowest BCUT2D eigenvalue weighted by molar-refractivity contribution is -0.142. The Morgan fingerprint density at radius 1 is 1.00 bits per heavy atom. The van der Waals surface area contributed by atoms with Gasteiger partial charge in [-0.25, -0.2) is 4.68 Å². The zero-order valence-corrected chi connectivity index (χ0v) is 12.4. The molecule has 2 rings (SSSR count). The van der Waals surface area contributed by atoms with Crippen molar-refractivity contribution in [2.75, 3.05) is 0 Å². The fourth-order valence-electron chi connectivity index (χ4n) is 1.75. The van der Waals surface area contributed by atoms with Crippen LogP contribution in [-0.4, -0.2) is 21.7 Å². The SMILES string of the molecule is CC.O=C(c1c(C(F)(F)F)[nH]n(-c2ccccc2)c1=O)C(F)(F)F. The summed E-state index contributed by atoms with van der Waals surface area (Å²) in [5.74, 6) is -2.85. The predicted molar refractivity (Wildman–Crippen MR) is 73.1 cm³/mol. The molecule has 0 unspecified atom stereocenters. The molecule has 1 N–H and O–H groups in total. The van der Waals surface area contributed by atoms with Gasteiger partial charge in [0.15, 0.2) is 5.69 Å². The van der Waals surface area contributed by atoms with Gasteiger partial charge in [0.05, 0.1) is 5.69 Å². The molecule has 1 heterocycles. The summed E-state index contributed by atoms with van der Waals surface area (Å²) in [6.45, 7) is 4.00. The number of aromatic nitrogens is 2. The van der Waals surface area contributed by atoms with Crippen molar-refractivity contribution in [2.24, 2.45) is 0 Å². The van der Waals surface area contributed by atoms with Gasteiger partial charge in [-0.3, -0.25) is 14.7 Å². The van der Waals surface area contributed by atoms with E-state index in [1.54, 1.807) is 0 Å². The second-order valence-corrected chi connectivity index (χ2v) is 4.16. The number of para-hydroxylation sites is 1. The van der Waals surface area contributed by atoms with E-state index >= 15 is 0 Å². The number of rotatable bonds is 2. The van der Waals surface area contributed by atoms with Crippen molar-refractivity contribution in [3.05, 3.63) is 51.9 Å². The van der Waals surface area contributed by atoms with Crippen LogP contribution in [0.4, 0.5) is 26.3 Å². The minimum atomic E-state index is -5.60. The van der Waals surface area contributed by atoms with Crippen molar-refractivity contribution < 1.29 is 31.1 Å². The molecule has 0 aliphatic carbocycles. The average molecular weight is 354 g/mol. The summed E-state index contributed by atoms with van der Waals surface area (Å²) in [5, 5.41) is 1.52. The maximum Gasteiger partial charge on any atom is 0.455 e. The predicted octanol–water partition coefficient (Wildman–Crippen LogP) is 3.96. The number of H-pyrrole nitrogens is 1. The van der Waals surface area contributed by atoms with E-state index in [0.29, 0.717) is 0 Å².